The molecular formula is C14H28N4O. The third-order valence-electron chi connectivity index (χ3n) is 4.17. The molecule has 1 amide bonds. The summed E-state index contributed by atoms with van der Waals surface area (Å²) in [6.45, 7) is 9.01. The average Bonchev–Trinajstić information content (AvgIpc) is 2.80. The predicted octanol–water partition coefficient (Wildman–Crippen LogP) is -0.164. The fraction of sp³-hybridized carbons (Fsp3) is 0.929. The van der Waals surface area contributed by atoms with Crippen LogP contribution >= 0.6 is 0 Å². The Bertz CT molecular complexity index is 271. The van der Waals surface area contributed by atoms with Crippen molar-refractivity contribution in [2.45, 2.75) is 19.3 Å². The maximum absolute atomic E-state index is 12.2. The maximum atomic E-state index is 12.2. The van der Waals surface area contributed by atoms with E-state index in [1.54, 1.807) is 0 Å². The van der Waals surface area contributed by atoms with Crippen LogP contribution in [-0.2, 0) is 4.79 Å². The molecule has 0 atom stereocenters. The smallest absolute Gasteiger partial charge is 0.236 e. The fourth-order valence-electron chi connectivity index (χ4n) is 2.79. The van der Waals surface area contributed by atoms with Gasteiger partial charge in [-0.15, -0.1) is 0 Å². The highest BCUT2D eigenvalue weighted by Crippen LogP contribution is 2.06. The number of nitrogens with zero attached hydrogens (tertiary/aromatic N) is 3. The number of likely N-dealkylation sites (tertiary alicyclic amines) is 1. The van der Waals surface area contributed by atoms with Crippen molar-refractivity contribution in [2.24, 2.45) is 0 Å². The van der Waals surface area contributed by atoms with Crippen molar-refractivity contribution in [2.75, 3.05) is 66.0 Å². The topological polar surface area (TPSA) is 38.8 Å². The lowest BCUT2D eigenvalue weighted by Gasteiger charge is -2.25. The minimum Gasteiger partial charge on any atom is -0.343 e. The van der Waals surface area contributed by atoms with Gasteiger partial charge >= 0.3 is 0 Å². The quantitative estimate of drug-likeness (QED) is 0.752. The van der Waals surface area contributed by atoms with Crippen molar-refractivity contribution < 1.29 is 4.79 Å². The Kier molecular flexibility index (Phi) is 6.07. The monoisotopic (exact) mass is 268 g/mol. The Morgan fingerprint density at radius 1 is 1.05 bits per heavy atom. The van der Waals surface area contributed by atoms with Gasteiger partial charge in [0.25, 0.3) is 0 Å². The van der Waals surface area contributed by atoms with Crippen LogP contribution < -0.4 is 5.32 Å². The van der Waals surface area contributed by atoms with Crippen molar-refractivity contribution in [3.63, 3.8) is 0 Å². The van der Waals surface area contributed by atoms with Crippen LogP contribution in [0.4, 0.5) is 0 Å². The Labute approximate surface area is 116 Å². The number of carbonyl (C=O) groups excluding carboxylic acids is 1. The van der Waals surface area contributed by atoms with Gasteiger partial charge in [0.1, 0.15) is 0 Å². The molecule has 0 radical (unpaired) electrons. The highest BCUT2D eigenvalue weighted by atomic mass is 16.2. The summed E-state index contributed by atoms with van der Waals surface area (Å²) >= 11 is 0. The van der Waals surface area contributed by atoms with Crippen LogP contribution in [0.15, 0.2) is 0 Å². The molecule has 1 N–H and O–H groups in total. The van der Waals surface area contributed by atoms with Gasteiger partial charge in [0.05, 0.1) is 6.54 Å². The van der Waals surface area contributed by atoms with E-state index in [1.807, 2.05) is 11.9 Å². The second-order valence-corrected chi connectivity index (χ2v) is 5.74. The highest BCUT2D eigenvalue weighted by molar-refractivity contribution is 5.78. The average molecular weight is 268 g/mol. The van der Waals surface area contributed by atoms with E-state index >= 15 is 0 Å². The van der Waals surface area contributed by atoms with E-state index in [9.17, 15) is 4.79 Å². The summed E-state index contributed by atoms with van der Waals surface area (Å²) in [4.78, 5) is 18.8. The molecule has 2 fully saturated rings. The number of nitrogens with one attached hydrogen (secondary N) is 1. The molecule has 5 heteroatoms. The van der Waals surface area contributed by atoms with Crippen molar-refractivity contribution in [3.05, 3.63) is 0 Å². The zero-order valence-corrected chi connectivity index (χ0v) is 12.2. The largest absolute Gasteiger partial charge is 0.343 e. The third kappa shape index (κ3) is 5.09. The molecule has 2 heterocycles. The Hall–Kier alpha value is -0.650. The molecule has 0 bridgehead atoms. The van der Waals surface area contributed by atoms with Gasteiger partial charge in [-0.05, 0) is 45.4 Å². The molecule has 2 saturated heterocycles. The Balaban J connectivity index is 1.65. The lowest BCUT2D eigenvalue weighted by atomic mass is 10.3. The summed E-state index contributed by atoms with van der Waals surface area (Å²) in [5, 5.41) is 3.37. The number of likely N-dealkylation sites (N-methyl/N-ethyl adjacent to an activating group) is 1. The van der Waals surface area contributed by atoms with E-state index in [1.165, 1.54) is 25.9 Å². The van der Waals surface area contributed by atoms with Gasteiger partial charge in [-0.2, -0.15) is 0 Å². The first-order chi connectivity index (χ1) is 9.25. The molecule has 110 valence electrons. The molecular weight excluding hydrogens is 240 g/mol. The molecule has 0 aliphatic carbocycles. The van der Waals surface area contributed by atoms with E-state index in [2.05, 4.69) is 15.1 Å². The van der Waals surface area contributed by atoms with Gasteiger partial charge in [-0.1, -0.05) is 0 Å². The van der Waals surface area contributed by atoms with Crippen molar-refractivity contribution in [1.29, 1.82) is 0 Å². The SMILES string of the molecule is CN(CCN1CCCC1)C(=O)CN1CCCNCC1. The van der Waals surface area contributed by atoms with Crippen LogP contribution in [0.3, 0.4) is 0 Å². The van der Waals surface area contributed by atoms with Crippen LogP contribution in [0.1, 0.15) is 19.3 Å². The van der Waals surface area contributed by atoms with Gasteiger partial charge in [0.15, 0.2) is 0 Å². The molecule has 0 aromatic carbocycles. The fourth-order valence-corrected chi connectivity index (χ4v) is 2.79. The summed E-state index contributed by atoms with van der Waals surface area (Å²) in [7, 11) is 1.94. The number of amides is 1. The minimum absolute atomic E-state index is 0.265. The van der Waals surface area contributed by atoms with Gasteiger partial charge in [-0.3, -0.25) is 9.69 Å². The summed E-state index contributed by atoms with van der Waals surface area (Å²) in [6.07, 6.45) is 3.78. The molecule has 0 spiro atoms. The second-order valence-electron chi connectivity index (χ2n) is 5.74. The van der Waals surface area contributed by atoms with Gasteiger partial charge in [0, 0.05) is 33.2 Å². The molecule has 0 aromatic rings. The third-order valence-corrected chi connectivity index (χ3v) is 4.17. The molecule has 5 nitrogen and oxygen atoms in total. The van der Waals surface area contributed by atoms with Gasteiger partial charge in [0.2, 0.25) is 5.91 Å². The molecule has 2 aliphatic heterocycles. The summed E-state index contributed by atoms with van der Waals surface area (Å²) in [6, 6.07) is 0. The lowest BCUT2D eigenvalue weighted by molar-refractivity contribution is -0.131. The first-order valence-corrected chi connectivity index (χ1v) is 7.65. The van der Waals surface area contributed by atoms with Crippen molar-refractivity contribution >= 4 is 5.91 Å². The van der Waals surface area contributed by atoms with Crippen LogP contribution in [-0.4, -0.2) is 86.6 Å². The Morgan fingerprint density at radius 2 is 1.79 bits per heavy atom. The van der Waals surface area contributed by atoms with Crippen molar-refractivity contribution in [3.8, 4) is 0 Å². The number of hydrogen-bond donors (Lipinski definition) is 1. The molecule has 0 aromatic heterocycles. The van der Waals surface area contributed by atoms with E-state index in [-0.39, 0.29) is 5.91 Å². The Morgan fingerprint density at radius 3 is 2.58 bits per heavy atom. The van der Waals surface area contributed by atoms with Crippen LogP contribution in [0.25, 0.3) is 0 Å². The van der Waals surface area contributed by atoms with E-state index < -0.39 is 0 Å². The number of hydrogen-bond acceptors (Lipinski definition) is 4. The van der Waals surface area contributed by atoms with Gasteiger partial charge in [-0.25, -0.2) is 0 Å². The van der Waals surface area contributed by atoms with Gasteiger partial charge < -0.3 is 15.1 Å². The molecule has 19 heavy (non-hydrogen) atoms. The predicted molar refractivity (Wildman–Crippen MR) is 77.2 cm³/mol. The minimum atomic E-state index is 0.265. The van der Waals surface area contributed by atoms with E-state index in [0.717, 1.165) is 45.7 Å². The van der Waals surface area contributed by atoms with Crippen molar-refractivity contribution in [1.82, 2.24) is 20.0 Å². The maximum Gasteiger partial charge on any atom is 0.236 e. The molecule has 0 saturated carbocycles. The molecule has 2 aliphatic rings. The van der Waals surface area contributed by atoms with Crippen LogP contribution in [0.2, 0.25) is 0 Å². The molecule has 2 rings (SSSR count). The normalized spacial score (nSPS) is 22.4. The zero-order valence-electron chi connectivity index (χ0n) is 12.2. The number of rotatable bonds is 5. The summed E-state index contributed by atoms with van der Waals surface area (Å²) in [5.41, 5.74) is 0. The zero-order chi connectivity index (χ0) is 13.5. The first kappa shape index (κ1) is 14.8. The van der Waals surface area contributed by atoms with Crippen LogP contribution in [0, 0.1) is 0 Å². The van der Waals surface area contributed by atoms with Crippen LogP contribution in [0.5, 0.6) is 0 Å². The first-order valence-electron chi connectivity index (χ1n) is 7.65. The molecule has 0 unspecified atom stereocenters. The van der Waals surface area contributed by atoms with E-state index in [0.29, 0.717) is 6.54 Å². The lowest BCUT2D eigenvalue weighted by Crippen LogP contribution is -2.42. The number of carbonyl (C=O) groups is 1. The second kappa shape index (κ2) is 7.82. The van der Waals surface area contributed by atoms with E-state index in [4.69, 9.17) is 0 Å². The summed E-state index contributed by atoms with van der Waals surface area (Å²) < 4.78 is 0. The summed E-state index contributed by atoms with van der Waals surface area (Å²) in [5.74, 6) is 0.265. The standard InChI is InChI=1S/C14H28N4O/c1-16(11-12-17-7-2-3-8-17)14(19)13-18-9-4-5-15-6-10-18/h15H,2-13H2,1H3. The highest BCUT2D eigenvalue weighted by Gasteiger charge is 2.17.